The van der Waals surface area contributed by atoms with E-state index in [1.165, 1.54) is 0 Å². The van der Waals surface area contributed by atoms with Crippen molar-refractivity contribution in [1.29, 1.82) is 5.26 Å². The molecule has 0 saturated carbocycles. The summed E-state index contributed by atoms with van der Waals surface area (Å²) in [6.07, 6.45) is -0.732. The highest BCUT2D eigenvalue weighted by Crippen LogP contribution is 2.21. The van der Waals surface area contributed by atoms with E-state index in [1.807, 2.05) is 24.3 Å². The summed E-state index contributed by atoms with van der Waals surface area (Å²) in [7, 11) is 0. The van der Waals surface area contributed by atoms with Gasteiger partial charge in [0.05, 0.1) is 5.56 Å². The van der Waals surface area contributed by atoms with Crippen molar-refractivity contribution in [2.75, 3.05) is 6.61 Å². The van der Waals surface area contributed by atoms with Gasteiger partial charge < -0.3 is 9.84 Å². The number of nitriles is 1. The summed E-state index contributed by atoms with van der Waals surface area (Å²) in [5.41, 5.74) is 1.23. The number of halogens is 1. The fourth-order valence-corrected chi connectivity index (χ4v) is 2.08. The van der Waals surface area contributed by atoms with E-state index in [4.69, 9.17) is 10.00 Å². The van der Waals surface area contributed by atoms with Gasteiger partial charge in [0.1, 0.15) is 24.5 Å². The highest BCUT2D eigenvalue weighted by molar-refractivity contribution is 9.10. The topological polar surface area (TPSA) is 53.2 Å². The van der Waals surface area contributed by atoms with Gasteiger partial charge in [0.2, 0.25) is 0 Å². The Bertz CT molecular complexity index is 607. The van der Waals surface area contributed by atoms with Gasteiger partial charge in [-0.3, -0.25) is 0 Å². The van der Waals surface area contributed by atoms with Gasteiger partial charge in [0, 0.05) is 4.47 Å². The molecule has 0 spiro atoms. The summed E-state index contributed by atoms with van der Waals surface area (Å²) in [6, 6.07) is 16.4. The van der Waals surface area contributed by atoms with Crippen LogP contribution in [0.15, 0.2) is 53.0 Å². The fraction of sp³-hybridized carbons (Fsp3) is 0.133. The highest BCUT2D eigenvalue weighted by atomic mass is 79.9. The number of aliphatic hydroxyl groups is 1. The van der Waals surface area contributed by atoms with Gasteiger partial charge in [-0.25, -0.2) is 0 Å². The molecule has 0 fully saturated rings. The predicted octanol–water partition coefficient (Wildman–Crippen LogP) is 3.43. The minimum atomic E-state index is -0.732. The molecule has 0 amide bonds. The lowest BCUT2D eigenvalue weighted by Gasteiger charge is -2.13. The molecule has 4 heteroatoms. The van der Waals surface area contributed by atoms with Crippen LogP contribution in [0.4, 0.5) is 0 Å². The minimum Gasteiger partial charge on any atom is -0.489 e. The molecule has 2 rings (SSSR count). The Labute approximate surface area is 120 Å². The van der Waals surface area contributed by atoms with E-state index in [-0.39, 0.29) is 6.61 Å². The Morgan fingerprint density at radius 1 is 1.21 bits per heavy atom. The van der Waals surface area contributed by atoms with Crippen LogP contribution in [0, 0.1) is 11.3 Å². The van der Waals surface area contributed by atoms with Crippen LogP contribution in [-0.4, -0.2) is 11.7 Å². The molecule has 0 aliphatic heterocycles. The molecule has 0 aliphatic rings. The van der Waals surface area contributed by atoms with E-state index in [1.54, 1.807) is 24.3 Å². The largest absolute Gasteiger partial charge is 0.489 e. The molecule has 96 valence electrons. The van der Waals surface area contributed by atoms with Crippen molar-refractivity contribution in [3.8, 4) is 11.8 Å². The maximum atomic E-state index is 10.0. The van der Waals surface area contributed by atoms with Crippen molar-refractivity contribution in [2.45, 2.75) is 6.10 Å². The zero-order valence-electron chi connectivity index (χ0n) is 10.1. The van der Waals surface area contributed by atoms with Crippen LogP contribution in [-0.2, 0) is 0 Å². The molecule has 0 bridgehead atoms. The standard InChI is InChI=1S/C15H12BrNO2/c16-13-6-3-5-11(8-13)14(18)10-19-15-7-2-1-4-12(15)9-17/h1-8,14,18H,10H2. The van der Waals surface area contributed by atoms with Crippen LogP contribution in [0.3, 0.4) is 0 Å². The summed E-state index contributed by atoms with van der Waals surface area (Å²) < 4.78 is 6.40. The van der Waals surface area contributed by atoms with Crippen LogP contribution >= 0.6 is 15.9 Å². The van der Waals surface area contributed by atoms with E-state index in [9.17, 15) is 5.11 Å². The molecular weight excluding hydrogens is 306 g/mol. The molecule has 3 nitrogen and oxygen atoms in total. The predicted molar refractivity (Wildman–Crippen MR) is 75.8 cm³/mol. The summed E-state index contributed by atoms with van der Waals surface area (Å²) >= 11 is 3.35. The van der Waals surface area contributed by atoms with Crippen LogP contribution in [0.5, 0.6) is 5.75 Å². The first-order chi connectivity index (χ1) is 9.20. The summed E-state index contributed by atoms with van der Waals surface area (Å²) in [5.74, 6) is 0.485. The minimum absolute atomic E-state index is 0.106. The number of hydrogen-bond acceptors (Lipinski definition) is 3. The van der Waals surface area contributed by atoms with Crippen LogP contribution in [0.1, 0.15) is 17.2 Å². The maximum Gasteiger partial charge on any atom is 0.137 e. The molecule has 1 N–H and O–H groups in total. The number of rotatable bonds is 4. The summed E-state index contributed by atoms with van der Waals surface area (Å²) in [5, 5.41) is 19.0. The Kier molecular flexibility index (Phi) is 4.56. The van der Waals surface area contributed by atoms with Crippen molar-refractivity contribution in [2.24, 2.45) is 0 Å². The van der Waals surface area contributed by atoms with Crippen LogP contribution in [0.2, 0.25) is 0 Å². The third-order valence-corrected chi connectivity index (χ3v) is 3.13. The summed E-state index contributed by atoms with van der Waals surface area (Å²) in [6.45, 7) is 0.106. The SMILES string of the molecule is N#Cc1ccccc1OCC(O)c1cccc(Br)c1. The van der Waals surface area contributed by atoms with Crippen molar-refractivity contribution < 1.29 is 9.84 Å². The molecule has 1 atom stereocenters. The van der Waals surface area contributed by atoms with E-state index in [0.29, 0.717) is 11.3 Å². The van der Waals surface area contributed by atoms with E-state index >= 15 is 0 Å². The number of ether oxygens (including phenoxy) is 1. The van der Waals surface area contributed by atoms with Gasteiger partial charge in [0.25, 0.3) is 0 Å². The van der Waals surface area contributed by atoms with E-state index in [0.717, 1.165) is 10.0 Å². The van der Waals surface area contributed by atoms with Gasteiger partial charge in [0.15, 0.2) is 0 Å². The van der Waals surface area contributed by atoms with Crippen molar-refractivity contribution in [3.05, 3.63) is 64.1 Å². The Hall–Kier alpha value is -1.83. The second kappa shape index (κ2) is 6.37. The zero-order valence-corrected chi connectivity index (χ0v) is 11.7. The molecule has 1 unspecified atom stereocenters. The van der Waals surface area contributed by atoms with Gasteiger partial charge in [-0.05, 0) is 29.8 Å². The average Bonchev–Trinajstić information content (AvgIpc) is 2.45. The maximum absolute atomic E-state index is 10.0. The Morgan fingerprint density at radius 3 is 2.74 bits per heavy atom. The Balaban J connectivity index is 2.05. The first kappa shape index (κ1) is 13.6. The second-order valence-corrected chi connectivity index (χ2v) is 4.91. The number of benzene rings is 2. The highest BCUT2D eigenvalue weighted by Gasteiger charge is 2.10. The van der Waals surface area contributed by atoms with Crippen LogP contribution < -0.4 is 4.74 Å². The Morgan fingerprint density at radius 2 is 2.00 bits per heavy atom. The molecular formula is C15H12BrNO2. The molecule has 2 aromatic rings. The number of hydrogen-bond donors (Lipinski definition) is 1. The first-order valence-electron chi connectivity index (χ1n) is 5.76. The number of aliphatic hydroxyl groups excluding tert-OH is 1. The quantitative estimate of drug-likeness (QED) is 0.939. The number of nitrogens with zero attached hydrogens (tertiary/aromatic N) is 1. The molecule has 19 heavy (non-hydrogen) atoms. The average molecular weight is 318 g/mol. The molecule has 0 heterocycles. The van der Waals surface area contributed by atoms with Gasteiger partial charge in [-0.2, -0.15) is 5.26 Å². The molecule has 0 saturated heterocycles. The lowest BCUT2D eigenvalue weighted by atomic mass is 10.1. The van der Waals surface area contributed by atoms with Crippen molar-refractivity contribution >= 4 is 15.9 Å². The number of para-hydroxylation sites is 1. The third kappa shape index (κ3) is 3.57. The van der Waals surface area contributed by atoms with E-state index in [2.05, 4.69) is 22.0 Å². The molecule has 0 aliphatic carbocycles. The zero-order chi connectivity index (χ0) is 13.7. The van der Waals surface area contributed by atoms with E-state index < -0.39 is 6.10 Å². The van der Waals surface area contributed by atoms with Crippen LogP contribution in [0.25, 0.3) is 0 Å². The molecule has 0 radical (unpaired) electrons. The second-order valence-electron chi connectivity index (χ2n) is 3.99. The van der Waals surface area contributed by atoms with Gasteiger partial charge >= 0.3 is 0 Å². The lowest BCUT2D eigenvalue weighted by Crippen LogP contribution is -2.10. The fourth-order valence-electron chi connectivity index (χ4n) is 1.66. The first-order valence-corrected chi connectivity index (χ1v) is 6.55. The molecule has 0 aromatic heterocycles. The lowest BCUT2D eigenvalue weighted by molar-refractivity contribution is 0.108. The normalized spacial score (nSPS) is 11.6. The monoisotopic (exact) mass is 317 g/mol. The third-order valence-electron chi connectivity index (χ3n) is 2.64. The molecule has 2 aromatic carbocycles. The van der Waals surface area contributed by atoms with Crippen molar-refractivity contribution in [3.63, 3.8) is 0 Å². The van der Waals surface area contributed by atoms with Gasteiger partial charge in [-0.1, -0.05) is 40.2 Å². The van der Waals surface area contributed by atoms with Gasteiger partial charge in [-0.15, -0.1) is 0 Å². The van der Waals surface area contributed by atoms with Crippen molar-refractivity contribution in [1.82, 2.24) is 0 Å². The smallest absolute Gasteiger partial charge is 0.137 e. The summed E-state index contributed by atoms with van der Waals surface area (Å²) in [4.78, 5) is 0.